The average molecular weight is 197 g/mol. The molecule has 3 heteroatoms. The molecule has 80 valence electrons. The fourth-order valence-corrected chi connectivity index (χ4v) is 1.89. The summed E-state index contributed by atoms with van der Waals surface area (Å²) in [5.74, 6) is 0.453. The van der Waals surface area contributed by atoms with Gasteiger partial charge in [-0.25, -0.2) is 0 Å². The minimum Gasteiger partial charge on any atom is -0.396 e. The topological polar surface area (TPSA) is 40.5 Å². The highest BCUT2D eigenvalue weighted by molar-refractivity contribution is 5.79. The zero-order valence-corrected chi connectivity index (χ0v) is 8.99. The molecule has 1 unspecified atom stereocenters. The predicted molar refractivity (Wildman–Crippen MR) is 55.8 cm³/mol. The van der Waals surface area contributed by atoms with Gasteiger partial charge in [0.2, 0.25) is 5.91 Å². The van der Waals surface area contributed by atoms with E-state index in [1.165, 1.54) is 0 Å². The van der Waals surface area contributed by atoms with Crippen molar-refractivity contribution in [2.45, 2.75) is 32.2 Å². The molecule has 1 heterocycles. The fourth-order valence-electron chi connectivity index (χ4n) is 1.89. The van der Waals surface area contributed by atoms with Crippen molar-refractivity contribution in [1.82, 2.24) is 4.90 Å². The van der Waals surface area contributed by atoms with Crippen LogP contribution >= 0.6 is 0 Å². The molecule has 14 heavy (non-hydrogen) atoms. The van der Waals surface area contributed by atoms with Crippen molar-refractivity contribution in [1.29, 1.82) is 0 Å². The molecule has 1 N–H and O–H groups in total. The summed E-state index contributed by atoms with van der Waals surface area (Å²) in [6, 6.07) is 0. The van der Waals surface area contributed by atoms with Crippen molar-refractivity contribution in [2.24, 2.45) is 5.92 Å². The minimum atomic E-state index is -0.233. The van der Waals surface area contributed by atoms with Gasteiger partial charge in [0.05, 0.1) is 0 Å². The Kier molecular flexibility index (Phi) is 3.32. The van der Waals surface area contributed by atoms with Gasteiger partial charge in [0, 0.05) is 31.0 Å². The number of hydrogen-bond acceptors (Lipinski definition) is 2. The largest absolute Gasteiger partial charge is 0.396 e. The Morgan fingerprint density at radius 3 is 2.79 bits per heavy atom. The van der Waals surface area contributed by atoms with Crippen LogP contribution in [-0.2, 0) is 4.79 Å². The molecule has 0 aromatic heterocycles. The molecule has 3 nitrogen and oxygen atoms in total. The molecule has 0 radical (unpaired) electrons. The molecule has 0 saturated carbocycles. The van der Waals surface area contributed by atoms with E-state index in [0.29, 0.717) is 12.8 Å². The van der Waals surface area contributed by atoms with Crippen LogP contribution in [0.3, 0.4) is 0 Å². The van der Waals surface area contributed by atoms with E-state index in [9.17, 15) is 4.79 Å². The number of aliphatic hydroxyl groups is 1. The SMILES string of the molecule is C=CC1CC(=O)N(C(C)(C)CCO)C1. The van der Waals surface area contributed by atoms with Crippen molar-refractivity contribution in [3.8, 4) is 0 Å². The lowest BCUT2D eigenvalue weighted by atomic mass is 9.99. The molecular formula is C11H19NO2. The van der Waals surface area contributed by atoms with Crippen LogP contribution in [-0.4, -0.2) is 34.6 Å². The minimum absolute atomic E-state index is 0.121. The Morgan fingerprint density at radius 1 is 1.71 bits per heavy atom. The Labute approximate surface area is 85.4 Å². The van der Waals surface area contributed by atoms with Crippen molar-refractivity contribution in [3.05, 3.63) is 12.7 Å². The summed E-state index contributed by atoms with van der Waals surface area (Å²) in [6.07, 6.45) is 3.04. The molecule has 1 atom stereocenters. The van der Waals surface area contributed by atoms with Crippen LogP contribution in [0.1, 0.15) is 26.7 Å². The summed E-state index contributed by atoms with van der Waals surface area (Å²) >= 11 is 0. The second kappa shape index (κ2) is 4.13. The molecule has 1 rings (SSSR count). The second-order valence-corrected chi connectivity index (χ2v) is 4.49. The van der Waals surface area contributed by atoms with Crippen LogP contribution < -0.4 is 0 Å². The lowest BCUT2D eigenvalue weighted by Crippen LogP contribution is -2.45. The molecule has 1 fully saturated rings. The molecule has 0 aromatic carbocycles. The standard InChI is InChI=1S/C11H19NO2/c1-4-9-7-10(14)12(8-9)11(2,3)5-6-13/h4,9,13H,1,5-8H2,2-3H3. The van der Waals surface area contributed by atoms with Crippen molar-refractivity contribution in [3.63, 3.8) is 0 Å². The van der Waals surface area contributed by atoms with E-state index in [2.05, 4.69) is 6.58 Å². The van der Waals surface area contributed by atoms with Gasteiger partial charge in [-0.3, -0.25) is 4.79 Å². The maximum atomic E-state index is 11.7. The normalized spacial score (nSPS) is 22.9. The van der Waals surface area contributed by atoms with Crippen LogP contribution in [0.25, 0.3) is 0 Å². The highest BCUT2D eigenvalue weighted by Crippen LogP contribution is 2.28. The summed E-state index contributed by atoms with van der Waals surface area (Å²) < 4.78 is 0. The summed E-state index contributed by atoms with van der Waals surface area (Å²) in [5, 5.41) is 8.91. The quantitative estimate of drug-likeness (QED) is 0.687. The molecule has 1 amide bonds. The van der Waals surface area contributed by atoms with Gasteiger partial charge < -0.3 is 10.0 Å². The van der Waals surface area contributed by atoms with Gasteiger partial charge in [-0.1, -0.05) is 6.08 Å². The smallest absolute Gasteiger partial charge is 0.223 e. The van der Waals surface area contributed by atoms with E-state index >= 15 is 0 Å². The van der Waals surface area contributed by atoms with Crippen molar-refractivity contribution in [2.75, 3.05) is 13.2 Å². The number of hydrogen-bond donors (Lipinski definition) is 1. The number of rotatable bonds is 4. The molecule has 0 aromatic rings. The number of carbonyl (C=O) groups is 1. The summed E-state index contributed by atoms with van der Waals surface area (Å²) in [5.41, 5.74) is -0.233. The van der Waals surface area contributed by atoms with Gasteiger partial charge >= 0.3 is 0 Å². The molecular weight excluding hydrogens is 178 g/mol. The lowest BCUT2D eigenvalue weighted by molar-refractivity contribution is -0.132. The molecule has 1 saturated heterocycles. The highest BCUT2D eigenvalue weighted by atomic mass is 16.3. The van der Waals surface area contributed by atoms with Gasteiger partial charge in [-0.05, 0) is 20.3 Å². The first-order valence-electron chi connectivity index (χ1n) is 5.05. The summed E-state index contributed by atoms with van der Waals surface area (Å²) in [4.78, 5) is 13.5. The molecule has 1 aliphatic heterocycles. The lowest BCUT2D eigenvalue weighted by Gasteiger charge is -2.35. The first kappa shape index (κ1) is 11.2. The third-order valence-electron chi connectivity index (χ3n) is 2.94. The van der Waals surface area contributed by atoms with Crippen LogP contribution in [0.4, 0.5) is 0 Å². The maximum Gasteiger partial charge on any atom is 0.223 e. The first-order chi connectivity index (χ1) is 6.51. The summed E-state index contributed by atoms with van der Waals surface area (Å²) in [6.45, 7) is 8.56. The maximum absolute atomic E-state index is 11.7. The number of nitrogens with zero attached hydrogens (tertiary/aromatic N) is 1. The van der Waals surface area contributed by atoms with E-state index in [-0.39, 0.29) is 24.0 Å². The molecule has 0 spiro atoms. The van der Waals surface area contributed by atoms with Gasteiger partial charge in [0.25, 0.3) is 0 Å². The van der Waals surface area contributed by atoms with Gasteiger partial charge in [-0.2, -0.15) is 0 Å². The average Bonchev–Trinajstić information content (AvgIpc) is 2.47. The van der Waals surface area contributed by atoms with Crippen LogP contribution in [0.5, 0.6) is 0 Å². The van der Waals surface area contributed by atoms with E-state index < -0.39 is 0 Å². The molecule has 0 aliphatic carbocycles. The predicted octanol–water partition coefficient (Wildman–Crippen LogP) is 1.18. The van der Waals surface area contributed by atoms with E-state index in [1.807, 2.05) is 24.8 Å². The molecule has 1 aliphatic rings. The highest BCUT2D eigenvalue weighted by Gasteiger charge is 2.37. The van der Waals surface area contributed by atoms with E-state index in [0.717, 1.165) is 6.54 Å². The number of aliphatic hydroxyl groups excluding tert-OH is 1. The van der Waals surface area contributed by atoms with Gasteiger partial charge in [0.15, 0.2) is 0 Å². The Balaban J connectivity index is 2.69. The van der Waals surface area contributed by atoms with Crippen molar-refractivity contribution >= 4 is 5.91 Å². The van der Waals surface area contributed by atoms with E-state index in [4.69, 9.17) is 5.11 Å². The monoisotopic (exact) mass is 197 g/mol. The second-order valence-electron chi connectivity index (χ2n) is 4.49. The van der Waals surface area contributed by atoms with Gasteiger partial charge in [-0.15, -0.1) is 6.58 Å². The third kappa shape index (κ3) is 2.15. The first-order valence-corrected chi connectivity index (χ1v) is 5.05. The van der Waals surface area contributed by atoms with Crippen LogP contribution in [0.15, 0.2) is 12.7 Å². The number of carbonyl (C=O) groups excluding carboxylic acids is 1. The van der Waals surface area contributed by atoms with Crippen LogP contribution in [0.2, 0.25) is 0 Å². The Bertz CT molecular complexity index is 235. The fraction of sp³-hybridized carbons (Fsp3) is 0.727. The Hall–Kier alpha value is -0.830. The zero-order valence-electron chi connectivity index (χ0n) is 8.99. The summed E-state index contributed by atoms with van der Waals surface area (Å²) in [7, 11) is 0. The molecule has 0 bridgehead atoms. The zero-order chi connectivity index (χ0) is 10.8. The Morgan fingerprint density at radius 2 is 2.36 bits per heavy atom. The third-order valence-corrected chi connectivity index (χ3v) is 2.94. The van der Waals surface area contributed by atoms with Gasteiger partial charge in [0.1, 0.15) is 0 Å². The number of amides is 1. The van der Waals surface area contributed by atoms with E-state index in [1.54, 1.807) is 0 Å². The van der Waals surface area contributed by atoms with Crippen LogP contribution in [0, 0.1) is 5.92 Å². The van der Waals surface area contributed by atoms with Crippen molar-refractivity contribution < 1.29 is 9.90 Å². The number of likely N-dealkylation sites (tertiary alicyclic amines) is 1.